The molecule has 0 aliphatic carbocycles. The van der Waals surface area contributed by atoms with Crippen LogP contribution in [0.2, 0.25) is 0 Å². The van der Waals surface area contributed by atoms with Gasteiger partial charge in [0.05, 0.1) is 12.5 Å². The summed E-state index contributed by atoms with van der Waals surface area (Å²) in [6.45, 7) is 3.69. The van der Waals surface area contributed by atoms with Crippen LogP contribution in [0.5, 0.6) is 0 Å². The van der Waals surface area contributed by atoms with Crippen molar-refractivity contribution < 1.29 is 29.1 Å². The first-order valence-corrected chi connectivity index (χ1v) is 9.27. The second-order valence-electron chi connectivity index (χ2n) is 6.86. The third-order valence-corrected chi connectivity index (χ3v) is 4.62. The minimum Gasteiger partial charge on any atom is -0.480 e. The van der Waals surface area contributed by atoms with Crippen molar-refractivity contribution in [2.75, 3.05) is 13.1 Å². The maximum absolute atomic E-state index is 12.7. The highest BCUT2D eigenvalue weighted by molar-refractivity contribution is 5.95. The van der Waals surface area contributed by atoms with Crippen molar-refractivity contribution >= 4 is 29.6 Å². The van der Waals surface area contributed by atoms with E-state index in [2.05, 4.69) is 21.3 Å². The molecule has 4 unspecified atom stereocenters. The van der Waals surface area contributed by atoms with E-state index in [1.54, 1.807) is 6.92 Å². The summed E-state index contributed by atoms with van der Waals surface area (Å²) in [4.78, 5) is 59.1. The van der Waals surface area contributed by atoms with Gasteiger partial charge in [0, 0.05) is 0 Å². The molecule has 158 valence electrons. The van der Waals surface area contributed by atoms with Gasteiger partial charge in [-0.1, -0.05) is 20.3 Å². The predicted octanol–water partition coefficient (Wildman–Crippen LogP) is -2.17. The number of amides is 4. The van der Waals surface area contributed by atoms with Crippen LogP contribution in [0.15, 0.2) is 0 Å². The van der Waals surface area contributed by atoms with Gasteiger partial charge in [-0.25, -0.2) is 0 Å². The molecule has 0 radical (unpaired) electrons. The van der Waals surface area contributed by atoms with Crippen molar-refractivity contribution in [2.24, 2.45) is 11.7 Å². The number of aliphatic carboxylic acids is 1. The third kappa shape index (κ3) is 7.51. The summed E-state index contributed by atoms with van der Waals surface area (Å²) in [6, 6.07) is -2.63. The number of carboxylic acid groups (broad SMARTS) is 1. The van der Waals surface area contributed by atoms with Gasteiger partial charge in [0.15, 0.2) is 0 Å². The van der Waals surface area contributed by atoms with Crippen molar-refractivity contribution in [3.8, 4) is 0 Å². The van der Waals surface area contributed by atoms with Gasteiger partial charge in [-0.3, -0.25) is 24.0 Å². The SMILES string of the molecule is CCC(C)C(NC(=O)C1CCCN1)C(=O)NC(CC(N)=O)C(=O)NCC(=O)O. The Hall–Kier alpha value is -2.69. The minimum atomic E-state index is -1.34. The highest BCUT2D eigenvalue weighted by atomic mass is 16.4. The Labute approximate surface area is 163 Å². The van der Waals surface area contributed by atoms with Gasteiger partial charge >= 0.3 is 5.97 Å². The van der Waals surface area contributed by atoms with E-state index in [9.17, 15) is 24.0 Å². The van der Waals surface area contributed by atoms with E-state index < -0.39 is 48.7 Å². The number of nitrogens with two attached hydrogens (primary N) is 1. The van der Waals surface area contributed by atoms with Gasteiger partial charge in [-0.05, 0) is 25.3 Å². The molecule has 0 aromatic rings. The molecule has 0 aromatic carbocycles. The zero-order chi connectivity index (χ0) is 21.3. The van der Waals surface area contributed by atoms with E-state index in [-0.39, 0.29) is 17.9 Å². The van der Waals surface area contributed by atoms with Crippen LogP contribution in [0.4, 0.5) is 0 Å². The molecule has 7 N–H and O–H groups in total. The van der Waals surface area contributed by atoms with Crippen LogP contribution in [0.1, 0.15) is 39.5 Å². The first-order valence-electron chi connectivity index (χ1n) is 9.27. The molecular formula is C17H29N5O6. The molecule has 1 fully saturated rings. The zero-order valence-electron chi connectivity index (χ0n) is 16.1. The summed E-state index contributed by atoms with van der Waals surface area (Å²) >= 11 is 0. The molecule has 0 aromatic heterocycles. The molecule has 0 spiro atoms. The molecular weight excluding hydrogens is 370 g/mol. The quantitative estimate of drug-likeness (QED) is 0.229. The first kappa shape index (κ1) is 23.3. The Morgan fingerprint density at radius 1 is 1.18 bits per heavy atom. The molecule has 1 aliphatic heterocycles. The summed E-state index contributed by atoms with van der Waals surface area (Å²) in [5, 5.41) is 18.9. The fourth-order valence-electron chi connectivity index (χ4n) is 2.82. The average Bonchev–Trinajstić information content (AvgIpc) is 3.17. The largest absolute Gasteiger partial charge is 0.480 e. The number of carboxylic acids is 1. The van der Waals surface area contributed by atoms with Gasteiger partial charge in [0.25, 0.3) is 0 Å². The van der Waals surface area contributed by atoms with Gasteiger partial charge in [0.1, 0.15) is 18.6 Å². The summed E-state index contributed by atoms with van der Waals surface area (Å²) in [5.74, 6) is -4.14. The van der Waals surface area contributed by atoms with Crippen molar-refractivity contribution in [2.45, 2.75) is 57.7 Å². The standard InChI is InChI=1S/C17H29N5O6/c1-3-9(2)14(22-16(27)10-5-4-6-19-10)17(28)21-11(7-12(18)23)15(26)20-8-13(24)25/h9-11,14,19H,3-8H2,1-2H3,(H2,18,23)(H,20,26)(H,21,28)(H,22,27)(H,24,25). The van der Waals surface area contributed by atoms with Crippen molar-refractivity contribution in [1.82, 2.24) is 21.3 Å². The lowest BCUT2D eigenvalue weighted by Crippen LogP contribution is -2.58. The van der Waals surface area contributed by atoms with Crippen molar-refractivity contribution in [1.29, 1.82) is 0 Å². The lowest BCUT2D eigenvalue weighted by Gasteiger charge is -2.27. The second kappa shape index (κ2) is 11.2. The Balaban J connectivity index is 2.84. The van der Waals surface area contributed by atoms with Crippen LogP contribution in [0, 0.1) is 5.92 Å². The number of nitrogens with one attached hydrogen (secondary N) is 4. The molecule has 0 bridgehead atoms. The molecule has 4 amide bonds. The number of rotatable bonds is 11. The Kier molecular flexibility index (Phi) is 9.36. The number of hydrogen-bond donors (Lipinski definition) is 6. The van der Waals surface area contributed by atoms with E-state index >= 15 is 0 Å². The van der Waals surface area contributed by atoms with Crippen LogP contribution in [0.25, 0.3) is 0 Å². The number of hydrogen-bond acceptors (Lipinski definition) is 6. The third-order valence-electron chi connectivity index (χ3n) is 4.62. The molecule has 1 heterocycles. The first-order chi connectivity index (χ1) is 13.1. The average molecular weight is 399 g/mol. The van der Waals surface area contributed by atoms with Gasteiger partial charge in [-0.15, -0.1) is 0 Å². The maximum atomic E-state index is 12.7. The smallest absolute Gasteiger partial charge is 0.322 e. The van der Waals surface area contributed by atoms with E-state index in [1.165, 1.54) is 0 Å². The Bertz CT molecular complexity index is 605. The fraction of sp³-hybridized carbons (Fsp3) is 0.706. The molecule has 0 saturated carbocycles. The Morgan fingerprint density at radius 2 is 1.86 bits per heavy atom. The van der Waals surface area contributed by atoms with Crippen LogP contribution < -0.4 is 27.0 Å². The number of primary amides is 1. The molecule has 1 saturated heterocycles. The lowest BCUT2D eigenvalue weighted by atomic mass is 9.97. The minimum absolute atomic E-state index is 0.235. The second-order valence-corrected chi connectivity index (χ2v) is 6.86. The van der Waals surface area contributed by atoms with E-state index in [1.807, 2.05) is 6.92 Å². The van der Waals surface area contributed by atoms with Crippen molar-refractivity contribution in [3.05, 3.63) is 0 Å². The summed E-state index contributed by atoms with van der Waals surface area (Å²) in [6.07, 6.45) is 1.62. The summed E-state index contributed by atoms with van der Waals surface area (Å²) in [5.41, 5.74) is 5.12. The normalized spacial score (nSPS) is 19.1. The van der Waals surface area contributed by atoms with Crippen LogP contribution in [-0.2, 0) is 24.0 Å². The van der Waals surface area contributed by atoms with Crippen molar-refractivity contribution in [3.63, 3.8) is 0 Å². The van der Waals surface area contributed by atoms with E-state index in [0.717, 1.165) is 13.0 Å². The van der Waals surface area contributed by atoms with E-state index in [4.69, 9.17) is 10.8 Å². The molecule has 28 heavy (non-hydrogen) atoms. The Morgan fingerprint density at radius 3 is 2.36 bits per heavy atom. The molecule has 1 rings (SSSR count). The summed E-state index contributed by atoms with van der Waals surface area (Å²) in [7, 11) is 0. The van der Waals surface area contributed by atoms with Gasteiger partial charge in [0.2, 0.25) is 23.6 Å². The fourth-order valence-corrected chi connectivity index (χ4v) is 2.82. The lowest BCUT2D eigenvalue weighted by molar-refractivity contribution is -0.139. The predicted molar refractivity (Wildman–Crippen MR) is 98.8 cm³/mol. The highest BCUT2D eigenvalue weighted by Crippen LogP contribution is 2.11. The van der Waals surface area contributed by atoms with Gasteiger partial charge < -0.3 is 32.1 Å². The highest BCUT2D eigenvalue weighted by Gasteiger charge is 2.33. The van der Waals surface area contributed by atoms with Gasteiger partial charge in [-0.2, -0.15) is 0 Å². The van der Waals surface area contributed by atoms with Crippen LogP contribution >= 0.6 is 0 Å². The maximum Gasteiger partial charge on any atom is 0.322 e. The monoisotopic (exact) mass is 399 g/mol. The zero-order valence-corrected chi connectivity index (χ0v) is 16.1. The number of carbonyl (C=O) groups excluding carboxylic acids is 4. The molecule has 11 nitrogen and oxygen atoms in total. The van der Waals surface area contributed by atoms with Crippen LogP contribution in [-0.4, -0.2) is 65.9 Å². The number of carbonyl (C=O) groups is 5. The molecule has 4 atom stereocenters. The van der Waals surface area contributed by atoms with Crippen LogP contribution in [0.3, 0.4) is 0 Å². The van der Waals surface area contributed by atoms with E-state index in [0.29, 0.717) is 12.8 Å². The summed E-state index contributed by atoms with van der Waals surface area (Å²) < 4.78 is 0. The molecule has 11 heteroatoms. The molecule has 1 aliphatic rings. The topological polar surface area (TPSA) is 180 Å².